The number of nitrogens with two attached hydrogens (primary N) is 1. The van der Waals surface area contributed by atoms with E-state index in [2.05, 4.69) is 10.4 Å². The maximum Gasteiger partial charge on any atom is 0.237 e. The highest BCUT2D eigenvalue weighted by atomic mass is 32.2. The average Bonchev–Trinajstić information content (AvgIpc) is 2.97. The first-order valence-corrected chi connectivity index (χ1v) is 7.87. The highest BCUT2D eigenvalue weighted by Gasteiger charge is 2.26. The van der Waals surface area contributed by atoms with E-state index >= 15 is 0 Å². The van der Waals surface area contributed by atoms with E-state index in [1.807, 2.05) is 5.38 Å². The van der Waals surface area contributed by atoms with Gasteiger partial charge < -0.3 is 4.90 Å². The lowest BCUT2D eigenvalue weighted by Gasteiger charge is -2.30. The quantitative estimate of drug-likeness (QED) is 0.365. The lowest BCUT2D eigenvalue weighted by molar-refractivity contribution is -0.133. The van der Waals surface area contributed by atoms with Crippen LogP contribution in [0.15, 0.2) is 15.9 Å². The van der Waals surface area contributed by atoms with Crippen molar-refractivity contribution in [2.75, 3.05) is 18.8 Å². The molecule has 1 aromatic heterocycles. The molecule has 2 amide bonds. The maximum atomic E-state index is 12.0. The Bertz CT molecular complexity index is 430. The lowest BCUT2D eigenvalue weighted by atomic mass is 9.96. The number of rotatable bonds is 4. The highest BCUT2D eigenvalue weighted by Crippen LogP contribution is 2.22. The highest BCUT2D eigenvalue weighted by molar-refractivity contribution is 8.01. The van der Waals surface area contributed by atoms with Crippen molar-refractivity contribution in [3.63, 3.8) is 0 Å². The SMILES string of the molecule is NNC(=O)C1CCN(C(=O)CSc2nccs2)CC1. The largest absolute Gasteiger partial charge is 0.342 e. The van der Waals surface area contributed by atoms with Crippen LogP contribution in [0.25, 0.3) is 0 Å². The number of carbonyl (C=O) groups is 2. The number of thioether (sulfide) groups is 1. The minimum Gasteiger partial charge on any atom is -0.342 e. The van der Waals surface area contributed by atoms with Gasteiger partial charge in [0.2, 0.25) is 11.8 Å². The van der Waals surface area contributed by atoms with Crippen molar-refractivity contribution in [1.29, 1.82) is 0 Å². The molecule has 0 radical (unpaired) electrons. The minimum atomic E-state index is -0.135. The Morgan fingerprint density at radius 3 is 2.84 bits per heavy atom. The molecule has 1 saturated heterocycles. The van der Waals surface area contributed by atoms with Crippen LogP contribution in [0.2, 0.25) is 0 Å². The molecule has 1 aromatic rings. The van der Waals surface area contributed by atoms with Crippen LogP contribution in [0.3, 0.4) is 0 Å². The molecule has 0 aromatic carbocycles. The predicted octanol–water partition coefficient (Wildman–Crippen LogP) is 0.464. The van der Waals surface area contributed by atoms with Crippen molar-refractivity contribution >= 4 is 34.9 Å². The molecule has 19 heavy (non-hydrogen) atoms. The van der Waals surface area contributed by atoms with E-state index in [1.54, 1.807) is 11.1 Å². The zero-order valence-corrected chi connectivity index (χ0v) is 12.0. The van der Waals surface area contributed by atoms with Gasteiger partial charge in [0.1, 0.15) is 4.34 Å². The molecule has 0 aliphatic carbocycles. The fourth-order valence-corrected chi connectivity index (χ4v) is 3.55. The Balaban J connectivity index is 1.74. The van der Waals surface area contributed by atoms with Crippen LogP contribution in [-0.4, -0.2) is 40.5 Å². The molecule has 0 unspecified atom stereocenters. The lowest BCUT2D eigenvalue weighted by Crippen LogP contribution is -2.45. The summed E-state index contributed by atoms with van der Waals surface area (Å²) in [5.41, 5.74) is 2.17. The van der Waals surface area contributed by atoms with Gasteiger partial charge in [-0.3, -0.25) is 15.0 Å². The summed E-state index contributed by atoms with van der Waals surface area (Å²) in [4.78, 5) is 29.3. The Labute approximate surface area is 119 Å². The number of nitrogens with one attached hydrogen (secondary N) is 1. The summed E-state index contributed by atoms with van der Waals surface area (Å²) < 4.78 is 0.908. The van der Waals surface area contributed by atoms with Crippen LogP contribution < -0.4 is 11.3 Å². The van der Waals surface area contributed by atoms with Crippen molar-refractivity contribution in [2.45, 2.75) is 17.2 Å². The monoisotopic (exact) mass is 300 g/mol. The van der Waals surface area contributed by atoms with Gasteiger partial charge in [-0.25, -0.2) is 10.8 Å². The first-order valence-electron chi connectivity index (χ1n) is 6.01. The van der Waals surface area contributed by atoms with Crippen molar-refractivity contribution in [3.05, 3.63) is 11.6 Å². The van der Waals surface area contributed by atoms with E-state index in [0.717, 1.165) is 4.34 Å². The third kappa shape index (κ3) is 3.92. The third-order valence-corrected chi connectivity index (χ3v) is 5.04. The molecular formula is C11H16N4O2S2. The standard InChI is InChI=1S/C11H16N4O2S2/c12-14-10(17)8-1-4-15(5-2-8)9(16)7-19-11-13-3-6-18-11/h3,6,8H,1-2,4-5,7,12H2,(H,14,17). The van der Waals surface area contributed by atoms with Crippen LogP contribution in [0.5, 0.6) is 0 Å². The van der Waals surface area contributed by atoms with Crippen molar-refractivity contribution in [3.8, 4) is 0 Å². The second-order valence-corrected chi connectivity index (χ2v) is 6.37. The molecular weight excluding hydrogens is 284 g/mol. The van der Waals surface area contributed by atoms with Crippen LogP contribution in [0, 0.1) is 5.92 Å². The fraction of sp³-hybridized carbons (Fsp3) is 0.545. The van der Waals surface area contributed by atoms with Gasteiger partial charge in [0, 0.05) is 30.6 Å². The molecule has 0 atom stereocenters. The Morgan fingerprint density at radius 1 is 1.53 bits per heavy atom. The summed E-state index contributed by atoms with van der Waals surface area (Å²) in [5.74, 6) is 5.41. The number of nitrogens with zero attached hydrogens (tertiary/aromatic N) is 2. The molecule has 104 valence electrons. The number of carbonyl (C=O) groups excluding carboxylic acids is 2. The number of hydrazine groups is 1. The van der Waals surface area contributed by atoms with Crippen LogP contribution in [0.1, 0.15) is 12.8 Å². The van der Waals surface area contributed by atoms with Gasteiger partial charge >= 0.3 is 0 Å². The summed E-state index contributed by atoms with van der Waals surface area (Å²) in [7, 11) is 0. The van der Waals surface area contributed by atoms with Crippen molar-refractivity contribution in [1.82, 2.24) is 15.3 Å². The first kappa shape index (κ1) is 14.3. The van der Waals surface area contributed by atoms with Gasteiger partial charge in [-0.2, -0.15) is 0 Å². The third-order valence-electron chi connectivity index (χ3n) is 3.09. The first-order chi connectivity index (χ1) is 9.20. The summed E-state index contributed by atoms with van der Waals surface area (Å²) in [6.45, 7) is 1.24. The molecule has 1 aliphatic rings. The van der Waals surface area contributed by atoms with Crippen LogP contribution >= 0.6 is 23.1 Å². The molecule has 1 fully saturated rings. The van der Waals surface area contributed by atoms with E-state index in [4.69, 9.17) is 5.84 Å². The van der Waals surface area contributed by atoms with E-state index in [0.29, 0.717) is 31.7 Å². The Morgan fingerprint density at radius 2 is 2.26 bits per heavy atom. The van der Waals surface area contributed by atoms with Gasteiger partial charge in [0.25, 0.3) is 0 Å². The second kappa shape index (κ2) is 6.88. The topological polar surface area (TPSA) is 88.3 Å². The Kier molecular flexibility index (Phi) is 5.17. The number of aromatic nitrogens is 1. The molecule has 2 heterocycles. The molecule has 0 bridgehead atoms. The zero-order chi connectivity index (χ0) is 13.7. The number of amides is 2. The van der Waals surface area contributed by atoms with E-state index < -0.39 is 0 Å². The van der Waals surface area contributed by atoms with Gasteiger partial charge in [-0.15, -0.1) is 11.3 Å². The van der Waals surface area contributed by atoms with E-state index in [1.165, 1.54) is 23.1 Å². The molecule has 8 heteroatoms. The predicted molar refractivity (Wildman–Crippen MR) is 74.5 cm³/mol. The molecule has 6 nitrogen and oxygen atoms in total. The van der Waals surface area contributed by atoms with Gasteiger partial charge in [0.15, 0.2) is 0 Å². The number of piperidine rings is 1. The summed E-state index contributed by atoms with van der Waals surface area (Å²) in [5, 5.41) is 1.89. The summed E-state index contributed by atoms with van der Waals surface area (Å²) in [6, 6.07) is 0. The molecule has 3 N–H and O–H groups in total. The fourth-order valence-electron chi connectivity index (χ4n) is 2.01. The number of thiazole rings is 1. The van der Waals surface area contributed by atoms with Gasteiger partial charge in [-0.05, 0) is 12.8 Å². The number of likely N-dealkylation sites (tertiary alicyclic amines) is 1. The normalized spacial score (nSPS) is 16.4. The molecule has 0 spiro atoms. The molecule has 1 aliphatic heterocycles. The average molecular weight is 300 g/mol. The maximum absolute atomic E-state index is 12.0. The molecule has 0 saturated carbocycles. The molecule has 2 rings (SSSR count). The zero-order valence-electron chi connectivity index (χ0n) is 10.4. The summed E-state index contributed by atoms with van der Waals surface area (Å²) in [6.07, 6.45) is 3.09. The van der Waals surface area contributed by atoms with Gasteiger partial charge in [-0.1, -0.05) is 11.8 Å². The van der Waals surface area contributed by atoms with E-state index in [9.17, 15) is 9.59 Å². The van der Waals surface area contributed by atoms with Crippen molar-refractivity contribution < 1.29 is 9.59 Å². The van der Waals surface area contributed by atoms with Gasteiger partial charge in [0.05, 0.1) is 5.75 Å². The smallest absolute Gasteiger partial charge is 0.237 e. The minimum absolute atomic E-state index is 0.0688. The van der Waals surface area contributed by atoms with Crippen LogP contribution in [0.4, 0.5) is 0 Å². The van der Waals surface area contributed by atoms with Crippen LogP contribution in [-0.2, 0) is 9.59 Å². The van der Waals surface area contributed by atoms with E-state index in [-0.39, 0.29) is 17.7 Å². The van der Waals surface area contributed by atoms with Crippen molar-refractivity contribution in [2.24, 2.45) is 11.8 Å². The Hall–Kier alpha value is -1.12. The second-order valence-electron chi connectivity index (χ2n) is 4.25. The number of hydrogen-bond donors (Lipinski definition) is 2. The summed E-state index contributed by atoms with van der Waals surface area (Å²) >= 11 is 2.99. The number of hydrogen-bond acceptors (Lipinski definition) is 6.